The molecule has 0 aliphatic rings. The van der Waals surface area contributed by atoms with E-state index in [2.05, 4.69) is 10.1 Å². The summed E-state index contributed by atoms with van der Waals surface area (Å²) in [6, 6.07) is 11.3. The number of aromatic nitrogens is 2. The van der Waals surface area contributed by atoms with Gasteiger partial charge in [0.1, 0.15) is 11.6 Å². The topological polar surface area (TPSA) is 74.5 Å². The molecule has 0 fully saturated rings. The van der Waals surface area contributed by atoms with Gasteiger partial charge in [-0.25, -0.2) is 9.18 Å². The highest BCUT2D eigenvalue weighted by atomic mass is 35.5. The third-order valence-electron chi connectivity index (χ3n) is 3.90. The minimum atomic E-state index is -1.24. The van der Waals surface area contributed by atoms with Crippen molar-refractivity contribution in [3.63, 3.8) is 0 Å². The van der Waals surface area contributed by atoms with Crippen LogP contribution in [-0.4, -0.2) is 21.7 Å². The fraction of sp³-hybridized carbons (Fsp3) is 0.250. The molecule has 6 nitrogen and oxygen atoms in total. The van der Waals surface area contributed by atoms with Gasteiger partial charge in [0.25, 0.3) is 5.89 Å². The molecule has 1 heterocycles. The summed E-state index contributed by atoms with van der Waals surface area (Å²) in [5, 5.41) is 4.35. The van der Waals surface area contributed by atoms with E-state index in [-0.39, 0.29) is 24.1 Å². The van der Waals surface area contributed by atoms with Crippen LogP contribution < -0.4 is 4.74 Å². The van der Waals surface area contributed by atoms with Crippen LogP contribution in [0.1, 0.15) is 25.3 Å². The van der Waals surface area contributed by atoms with Crippen molar-refractivity contribution in [1.82, 2.24) is 10.1 Å². The third-order valence-corrected chi connectivity index (χ3v) is 4.16. The third kappa shape index (κ3) is 4.67. The van der Waals surface area contributed by atoms with Gasteiger partial charge in [0.2, 0.25) is 5.82 Å². The van der Waals surface area contributed by atoms with Crippen LogP contribution in [0.3, 0.4) is 0 Å². The van der Waals surface area contributed by atoms with E-state index >= 15 is 0 Å². The fourth-order valence-corrected chi connectivity index (χ4v) is 2.43. The van der Waals surface area contributed by atoms with Gasteiger partial charge in [0.15, 0.2) is 12.2 Å². The molecule has 146 valence electrons. The molecule has 0 saturated heterocycles. The fourth-order valence-electron chi connectivity index (χ4n) is 2.30. The number of halogens is 2. The molecule has 0 aliphatic carbocycles. The molecular formula is C20H18ClFN2O4. The predicted octanol–water partition coefficient (Wildman–Crippen LogP) is 4.74. The Morgan fingerprint density at radius 1 is 1.21 bits per heavy atom. The quantitative estimate of drug-likeness (QED) is 0.552. The molecule has 0 saturated carbocycles. The first-order chi connectivity index (χ1) is 13.2. The molecule has 0 amide bonds. The maximum Gasteiger partial charge on any atom is 0.350 e. The normalized spacial score (nSPS) is 11.3. The molecule has 28 heavy (non-hydrogen) atoms. The number of carbonyl (C=O) groups is 1. The van der Waals surface area contributed by atoms with Gasteiger partial charge in [-0.15, -0.1) is 0 Å². The highest BCUT2D eigenvalue weighted by Crippen LogP contribution is 2.23. The molecule has 0 atom stereocenters. The first-order valence-electron chi connectivity index (χ1n) is 8.45. The van der Waals surface area contributed by atoms with E-state index in [1.165, 1.54) is 6.07 Å². The van der Waals surface area contributed by atoms with E-state index in [0.29, 0.717) is 21.9 Å². The SMILES string of the molecule is Cc1ccc(-c2noc(COC(=O)C(C)(C)Oc3ccc(Cl)cc3)n2)cc1F. The number of benzene rings is 2. The van der Waals surface area contributed by atoms with Crippen molar-refractivity contribution in [2.75, 3.05) is 0 Å². The Morgan fingerprint density at radius 2 is 1.93 bits per heavy atom. The van der Waals surface area contributed by atoms with Crippen LogP contribution >= 0.6 is 11.6 Å². The second-order valence-electron chi connectivity index (χ2n) is 6.62. The van der Waals surface area contributed by atoms with Crippen LogP contribution in [-0.2, 0) is 16.1 Å². The standard InChI is InChI=1S/C20H18ClFN2O4/c1-12-4-5-13(10-16(12)22)18-23-17(28-24-18)11-26-19(25)20(2,3)27-15-8-6-14(21)7-9-15/h4-10H,11H2,1-3H3. The second kappa shape index (κ2) is 7.98. The highest BCUT2D eigenvalue weighted by Gasteiger charge is 2.32. The van der Waals surface area contributed by atoms with Crippen molar-refractivity contribution in [3.05, 3.63) is 64.8 Å². The maximum absolute atomic E-state index is 13.7. The molecule has 0 unspecified atom stereocenters. The lowest BCUT2D eigenvalue weighted by molar-refractivity contribution is -0.161. The van der Waals surface area contributed by atoms with Crippen LogP contribution in [0.25, 0.3) is 11.4 Å². The number of aryl methyl sites for hydroxylation is 1. The number of hydrogen-bond acceptors (Lipinski definition) is 6. The zero-order valence-electron chi connectivity index (χ0n) is 15.5. The van der Waals surface area contributed by atoms with Crippen molar-refractivity contribution in [2.45, 2.75) is 33.0 Å². The number of carbonyl (C=O) groups excluding carboxylic acids is 1. The van der Waals surface area contributed by atoms with E-state index in [9.17, 15) is 9.18 Å². The number of hydrogen-bond donors (Lipinski definition) is 0. The number of ether oxygens (including phenoxy) is 2. The monoisotopic (exact) mass is 404 g/mol. The average molecular weight is 405 g/mol. The Labute approximate surface area is 166 Å². The Hall–Kier alpha value is -2.93. The van der Waals surface area contributed by atoms with Crippen molar-refractivity contribution in [2.24, 2.45) is 0 Å². The van der Waals surface area contributed by atoms with Crippen LogP contribution in [0.4, 0.5) is 4.39 Å². The molecule has 2 aromatic carbocycles. The van der Waals surface area contributed by atoms with Crippen molar-refractivity contribution < 1.29 is 23.2 Å². The highest BCUT2D eigenvalue weighted by molar-refractivity contribution is 6.30. The average Bonchev–Trinajstić information content (AvgIpc) is 3.12. The number of rotatable bonds is 6. The first kappa shape index (κ1) is 19.8. The van der Waals surface area contributed by atoms with Crippen molar-refractivity contribution in [1.29, 1.82) is 0 Å². The Bertz CT molecular complexity index is 986. The summed E-state index contributed by atoms with van der Waals surface area (Å²) in [6.45, 7) is 4.60. The molecule has 0 spiro atoms. The lowest BCUT2D eigenvalue weighted by Crippen LogP contribution is -2.39. The van der Waals surface area contributed by atoms with E-state index in [1.54, 1.807) is 57.2 Å². The largest absolute Gasteiger partial charge is 0.476 e. The van der Waals surface area contributed by atoms with Crippen molar-refractivity contribution in [3.8, 4) is 17.1 Å². The van der Waals surface area contributed by atoms with Crippen LogP contribution in [0.5, 0.6) is 5.75 Å². The van der Waals surface area contributed by atoms with Gasteiger partial charge < -0.3 is 14.0 Å². The van der Waals surface area contributed by atoms with Gasteiger partial charge >= 0.3 is 5.97 Å². The van der Waals surface area contributed by atoms with Gasteiger partial charge in [-0.2, -0.15) is 4.98 Å². The van der Waals surface area contributed by atoms with E-state index in [0.717, 1.165) is 0 Å². The van der Waals surface area contributed by atoms with Crippen molar-refractivity contribution >= 4 is 17.6 Å². The summed E-state index contributed by atoms with van der Waals surface area (Å²) in [5.41, 5.74) is -0.253. The van der Waals surface area contributed by atoms with Gasteiger partial charge in [-0.05, 0) is 56.7 Å². The summed E-state index contributed by atoms with van der Waals surface area (Å²) >= 11 is 5.83. The van der Waals surface area contributed by atoms with Crippen LogP contribution in [0.2, 0.25) is 5.02 Å². The van der Waals surface area contributed by atoms with Gasteiger partial charge in [0, 0.05) is 10.6 Å². The summed E-state index contributed by atoms with van der Waals surface area (Å²) in [7, 11) is 0. The molecule has 3 rings (SSSR count). The lowest BCUT2D eigenvalue weighted by Gasteiger charge is -2.23. The van der Waals surface area contributed by atoms with Crippen LogP contribution in [0.15, 0.2) is 47.0 Å². The zero-order chi connectivity index (χ0) is 20.3. The Balaban J connectivity index is 1.61. The number of esters is 1. The molecule has 0 radical (unpaired) electrons. The Kier molecular flexibility index (Phi) is 5.65. The lowest BCUT2D eigenvalue weighted by atomic mass is 10.1. The molecule has 3 aromatic rings. The van der Waals surface area contributed by atoms with Gasteiger partial charge in [-0.3, -0.25) is 0 Å². The molecule has 0 N–H and O–H groups in total. The summed E-state index contributed by atoms with van der Waals surface area (Å²) in [4.78, 5) is 16.5. The molecular weight excluding hydrogens is 387 g/mol. The van der Waals surface area contributed by atoms with Crippen LogP contribution in [0, 0.1) is 12.7 Å². The molecule has 8 heteroatoms. The summed E-state index contributed by atoms with van der Waals surface area (Å²) in [6.07, 6.45) is 0. The smallest absolute Gasteiger partial charge is 0.350 e. The summed E-state index contributed by atoms with van der Waals surface area (Å²) < 4.78 is 29.6. The summed E-state index contributed by atoms with van der Waals surface area (Å²) in [5.74, 6) is -0.193. The molecule has 0 bridgehead atoms. The van der Waals surface area contributed by atoms with E-state index in [4.69, 9.17) is 25.6 Å². The van der Waals surface area contributed by atoms with E-state index in [1.807, 2.05) is 0 Å². The molecule has 0 aliphatic heterocycles. The first-order valence-corrected chi connectivity index (χ1v) is 8.83. The maximum atomic E-state index is 13.7. The second-order valence-corrected chi connectivity index (χ2v) is 7.05. The van der Waals surface area contributed by atoms with Gasteiger partial charge in [0.05, 0.1) is 0 Å². The van der Waals surface area contributed by atoms with E-state index < -0.39 is 11.6 Å². The number of nitrogens with zero attached hydrogens (tertiary/aromatic N) is 2. The Morgan fingerprint density at radius 3 is 2.61 bits per heavy atom. The minimum absolute atomic E-state index is 0.0895. The minimum Gasteiger partial charge on any atom is -0.476 e. The van der Waals surface area contributed by atoms with Gasteiger partial charge in [-0.1, -0.05) is 28.9 Å². The predicted molar refractivity (Wildman–Crippen MR) is 100 cm³/mol. The zero-order valence-corrected chi connectivity index (χ0v) is 16.3. The molecule has 1 aromatic heterocycles.